The van der Waals surface area contributed by atoms with Crippen LogP contribution in [0.5, 0.6) is 0 Å². The average Bonchev–Trinajstić information content (AvgIpc) is 2.68. The van der Waals surface area contributed by atoms with E-state index in [1.54, 1.807) is 9.47 Å². The molecule has 0 saturated carbocycles. The summed E-state index contributed by atoms with van der Waals surface area (Å²) in [5, 5.41) is 0.316. The Morgan fingerprint density at radius 2 is 1.94 bits per heavy atom. The molecule has 0 fully saturated rings. The molecular weight excluding hydrogens is 318 g/mol. The minimum Gasteiger partial charge on any atom is -0.348 e. The summed E-state index contributed by atoms with van der Waals surface area (Å²) in [5.41, 5.74) is 1.09. The number of benzene rings is 1. The van der Waals surface area contributed by atoms with Crippen LogP contribution >= 0.6 is 27.5 Å². The topological polar surface area (TPSA) is 38.1 Å². The zero-order chi connectivity index (χ0) is 13.3. The van der Waals surface area contributed by atoms with Gasteiger partial charge in [-0.25, -0.2) is 4.98 Å². The maximum absolute atomic E-state index is 10.9. The lowest BCUT2D eigenvalue weighted by Gasteiger charge is -2.14. The second-order valence-electron chi connectivity index (χ2n) is 3.91. The molecule has 0 aliphatic carbocycles. The maximum atomic E-state index is 10.9. The van der Waals surface area contributed by atoms with Crippen LogP contribution in [0.25, 0.3) is 5.69 Å². The number of halogens is 2. The zero-order valence-electron chi connectivity index (χ0n) is 9.89. The van der Waals surface area contributed by atoms with Gasteiger partial charge in [0.2, 0.25) is 5.95 Å². The number of anilines is 1. The van der Waals surface area contributed by atoms with Gasteiger partial charge in [-0.05, 0) is 24.3 Å². The van der Waals surface area contributed by atoms with Crippen LogP contribution in [-0.2, 0) is 0 Å². The van der Waals surface area contributed by atoms with Crippen molar-refractivity contribution >= 4 is 39.8 Å². The summed E-state index contributed by atoms with van der Waals surface area (Å²) >= 11 is 9.56. The van der Waals surface area contributed by atoms with Crippen LogP contribution in [-0.4, -0.2) is 29.9 Å². The van der Waals surface area contributed by atoms with E-state index in [0.717, 1.165) is 10.2 Å². The Morgan fingerprint density at radius 3 is 2.44 bits per heavy atom. The van der Waals surface area contributed by atoms with E-state index in [2.05, 4.69) is 20.9 Å². The van der Waals surface area contributed by atoms with Gasteiger partial charge in [0.05, 0.1) is 5.69 Å². The molecule has 0 spiro atoms. The molecule has 0 N–H and O–H groups in total. The third-order valence-electron chi connectivity index (χ3n) is 2.42. The van der Waals surface area contributed by atoms with Crippen LogP contribution in [0.1, 0.15) is 10.5 Å². The highest BCUT2D eigenvalue weighted by molar-refractivity contribution is 9.10. The summed E-state index contributed by atoms with van der Waals surface area (Å²) in [7, 11) is 3.70. The summed E-state index contributed by atoms with van der Waals surface area (Å²) < 4.78 is 2.71. The molecule has 0 aliphatic heterocycles. The van der Waals surface area contributed by atoms with E-state index in [1.807, 2.05) is 38.4 Å². The second kappa shape index (κ2) is 5.12. The van der Waals surface area contributed by atoms with Crippen molar-refractivity contribution in [2.24, 2.45) is 0 Å². The van der Waals surface area contributed by atoms with Crippen molar-refractivity contribution in [3.63, 3.8) is 0 Å². The lowest BCUT2D eigenvalue weighted by molar-refractivity contribution is 0.111. The van der Waals surface area contributed by atoms with Crippen molar-refractivity contribution in [2.45, 2.75) is 0 Å². The zero-order valence-corrected chi connectivity index (χ0v) is 12.2. The fourth-order valence-electron chi connectivity index (χ4n) is 1.60. The van der Waals surface area contributed by atoms with Gasteiger partial charge >= 0.3 is 0 Å². The number of hydrogen-bond donors (Lipinski definition) is 0. The van der Waals surface area contributed by atoms with Gasteiger partial charge in [0.1, 0.15) is 10.8 Å². The number of imidazole rings is 1. The van der Waals surface area contributed by atoms with E-state index in [9.17, 15) is 4.79 Å². The lowest BCUT2D eigenvalue weighted by atomic mass is 10.3. The predicted octanol–water partition coefficient (Wildman–Crippen LogP) is 3.17. The third-order valence-corrected chi connectivity index (χ3v) is 3.32. The number of carbonyl (C=O) groups excluding carboxylic acids is 1. The first-order valence-corrected chi connectivity index (χ1v) is 6.38. The van der Waals surface area contributed by atoms with Gasteiger partial charge in [-0.2, -0.15) is 0 Å². The first-order valence-electron chi connectivity index (χ1n) is 5.21. The summed E-state index contributed by atoms with van der Waals surface area (Å²) in [6.45, 7) is 0. The molecule has 6 heteroatoms. The van der Waals surface area contributed by atoms with Gasteiger partial charge in [0, 0.05) is 18.6 Å². The average molecular weight is 329 g/mol. The normalized spacial score (nSPS) is 10.4. The monoisotopic (exact) mass is 327 g/mol. The van der Waals surface area contributed by atoms with Crippen molar-refractivity contribution in [1.29, 1.82) is 0 Å². The molecule has 0 amide bonds. The van der Waals surface area contributed by atoms with Gasteiger partial charge in [-0.1, -0.05) is 27.5 Å². The van der Waals surface area contributed by atoms with Crippen molar-refractivity contribution in [3.8, 4) is 5.69 Å². The standard InChI is InChI=1S/C12H11BrClN3O/c1-16(2)12-15-10(7-18)11(14)17(12)9-5-3-8(13)4-6-9/h3-7H,1-2H3. The highest BCUT2D eigenvalue weighted by atomic mass is 79.9. The molecule has 2 rings (SSSR count). The predicted molar refractivity (Wildman–Crippen MR) is 76.0 cm³/mol. The Morgan fingerprint density at radius 1 is 1.33 bits per heavy atom. The van der Waals surface area contributed by atoms with Crippen LogP contribution in [0.3, 0.4) is 0 Å². The van der Waals surface area contributed by atoms with Crippen molar-refractivity contribution < 1.29 is 4.79 Å². The van der Waals surface area contributed by atoms with Crippen molar-refractivity contribution in [1.82, 2.24) is 9.55 Å². The highest BCUT2D eigenvalue weighted by Gasteiger charge is 2.17. The maximum Gasteiger partial charge on any atom is 0.211 e. The van der Waals surface area contributed by atoms with Gasteiger partial charge in [0.15, 0.2) is 6.29 Å². The van der Waals surface area contributed by atoms with Gasteiger partial charge in [-0.3, -0.25) is 9.36 Å². The van der Waals surface area contributed by atoms with Crippen LogP contribution < -0.4 is 4.90 Å². The molecule has 1 heterocycles. The molecule has 0 unspecified atom stereocenters. The SMILES string of the molecule is CN(C)c1nc(C=O)c(Cl)n1-c1ccc(Br)cc1. The Kier molecular flexibility index (Phi) is 3.73. The molecule has 0 radical (unpaired) electrons. The number of carbonyl (C=O) groups is 1. The Balaban J connectivity index is 2.64. The van der Waals surface area contributed by atoms with Crippen molar-refractivity contribution in [2.75, 3.05) is 19.0 Å². The third kappa shape index (κ3) is 2.28. The van der Waals surface area contributed by atoms with E-state index < -0.39 is 0 Å². The molecule has 1 aromatic heterocycles. The molecule has 0 bridgehead atoms. The number of aromatic nitrogens is 2. The van der Waals surface area contributed by atoms with Crippen LogP contribution in [0.4, 0.5) is 5.95 Å². The second-order valence-corrected chi connectivity index (χ2v) is 5.19. The van der Waals surface area contributed by atoms with Gasteiger partial charge in [0.25, 0.3) is 0 Å². The first-order chi connectivity index (χ1) is 8.54. The molecular formula is C12H11BrClN3O. The van der Waals surface area contributed by atoms with E-state index in [0.29, 0.717) is 17.4 Å². The molecule has 0 saturated heterocycles. The highest BCUT2D eigenvalue weighted by Crippen LogP contribution is 2.27. The summed E-state index contributed by atoms with van der Waals surface area (Å²) in [5.74, 6) is 0.615. The van der Waals surface area contributed by atoms with Gasteiger partial charge in [-0.15, -0.1) is 0 Å². The minimum absolute atomic E-state index is 0.239. The van der Waals surface area contributed by atoms with Crippen LogP contribution in [0.15, 0.2) is 28.7 Å². The largest absolute Gasteiger partial charge is 0.348 e. The Bertz CT molecular complexity index is 578. The fraction of sp³-hybridized carbons (Fsp3) is 0.167. The summed E-state index contributed by atoms with van der Waals surface area (Å²) in [6.07, 6.45) is 0.657. The van der Waals surface area contributed by atoms with E-state index in [-0.39, 0.29) is 5.69 Å². The number of hydrogen-bond acceptors (Lipinski definition) is 3. The first kappa shape index (κ1) is 13.1. The molecule has 0 atom stereocenters. The molecule has 2 aromatic rings. The number of rotatable bonds is 3. The van der Waals surface area contributed by atoms with E-state index in [1.165, 1.54) is 0 Å². The number of aldehydes is 1. The molecule has 18 heavy (non-hydrogen) atoms. The lowest BCUT2D eigenvalue weighted by Crippen LogP contribution is -2.14. The van der Waals surface area contributed by atoms with E-state index in [4.69, 9.17) is 11.6 Å². The van der Waals surface area contributed by atoms with Gasteiger partial charge < -0.3 is 4.90 Å². The molecule has 4 nitrogen and oxygen atoms in total. The summed E-state index contributed by atoms with van der Waals surface area (Å²) in [6, 6.07) is 7.62. The Labute approximate surface area is 118 Å². The minimum atomic E-state index is 0.239. The van der Waals surface area contributed by atoms with Crippen LogP contribution in [0, 0.1) is 0 Å². The fourth-order valence-corrected chi connectivity index (χ4v) is 2.12. The Hall–Kier alpha value is -1.33. The number of nitrogens with zero attached hydrogens (tertiary/aromatic N) is 3. The van der Waals surface area contributed by atoms with Crippen molar-refractivity contribution in [3.05, 3.63) is 39.6 Å². The quantitative estimate of drug-likeness (QED) is 0.812. The summed E-state index contributed by atoms with van der Waals surface area (Å²) in [4.78, 5) is 16.9. The van der Waals surface area contributed by atoms with E-state index >= 15 is 0 Å². The molecule has 1 aromatic carbocycles. The smallest absolute Gasteiger partial charge is 0.211 e. The molecule has 0 aliphatic rings. The van der Waals surface area contributed by atoms with Crippen LogP contribution in [0.2, 0.25) is 5.15 Å². The molecule has 94 valence electrons.